The van der Waals surface area contributed by atoms with Crippen LogP contribution < -0.4 is 8.70 Å². The molecule has 26 heavy (non-hydrogen) atoms. The molecule has 0 aliphatic rings. The van der Waals surface area contributed by atoms with E-state index in [9.17, 15) is 0 Å². The summed E-state index contributed by atoms with van der Waals surface area (Å²) in [7, 11) is 0. The monoisotopic (exact) mass is 476 g/mol. The molecule has 0 saturated carbocycles. The second-order valence-electron chi connectivity index (χ2n) is 8.06. The molecule has 0 aliphatic heterocycles. The van der Waals surface area contributed by atoms with Crippen LogP contribution in [0.1, 0.15) is 39.5 Å². The van der Waals surface area contributed by atoms with Crippen LogP contribution in [0, 0.1) is 0 Å². The maximum atomic E-state index is 2.69. The summed E-state index contributed by atoms with van der Waals surface area (Å²) < 4.78 is 3.43. The summed E-state index contributed by atoms with van der Waals surface area (Å²) in [6, 6.07) is 23.1. The fraction of sp³-hybridized carbons (Fsp3) is 0.500. The van der Waals surface area contributed by atoms with Crippen molar-refractivity contribution in [2.75, 3.05) is 0 Å². The van der Waals surface area contributed by atoms with Gasteiger partial charge in [0.25, 0.3) is 0 Å². The van der Waals surface area contributed by atoms with Crippen LogP contribution in [0.3, 0.4) is 0 Å². The first-order valence-corrected chi connectivity index (χ1v) is 21.3. The van der Waals surface area contributed by atoms with E-state index < -0.39 is 27.1 Å². The fourth-order valence-corrected chi connectivity index (χ4v) is 26.4. The van der Waals surface area contributed by atoms with Crippen molar-refractivity contribution in [3.8, 4) is 0 Å². The summed E-state index contributed by atoms with van der Waals surface area (Å²) in [6.07, 6.45) is 5.46. The van der Waals surface area contributed by atoms with Gasteiger partial charge in [-0.3, -0.25) is 0 Å². The van der Waals surface area contributed by atoms with Gasteiger partial charge in [0.15, 0.2) is 0 Å². The van der Waals surface area contributed by atoms with E-state index in [1.807, 2.05) is 0 Å². The molecule has 2 atom stereocenters. The van der Waals surface area contributed by atoms with Gasteiger partial charge in [-0.15, -0.1) is 0 Å². The van der Waals surface area contributed by atoms with Crippen molar-refractivity contribution in [2.24, 2.45) is 0 Å². The van der Waals surface area contributed by atoms with Gasteiger partial charge < -0.3 is 0 Å². The van der Waals surface area contributed by atoms with Crippen molar-refractivity contribution < 1.29 is 0 Å². The van der Waals surface area contributed by atoms with Crippen molar-refractivity contribution in [2.45, 2.75) is 71.8 Å². The molecule has 0 radical (unpaired) electrons. The van der Waals surface area contributed by atoms with E-state index in [-0.39, 0.29) is 0 Å². The average molecular weight is 476 g/mol. The van der Waals surface area contributed by atoms with Crippen molar-refractivity contribution in [1.82, 2.24) is 0 Å². The Labute approximate surface area is 167 Å². The number of hydrogen-bond donors (Lipinski definition) is 0. The molecule has 0 aliphatic carbocycles. The SMILES string of the molecule is CCCC[As+](C)(CC[As+](C)(CCCC)c1ccccc1)c1ccccc1. The van der Waals surface area contributed by atoms with Crippen molar-refractivity contribution in [3.63, 3.8) is 0 Å². The van der Waals surface area contributed by atoms with Gasteiger partial charge in [0.1, 0.15) is 0 Å². The number of benzene rings is 2. The van der Waals surface area contributed by atoms with E-state index in [4.69, 9.17) is 0 Å². The van der Waals surface area contributed by atoms with Gasteiger partial charge >= 0.3 is 168 Å². The van der Waals surface area contributed by atoms with Gasteiger partial charge in [0, 0.05) is 0 Å². The number of rotatable bonds is 11. The first-order valence-electron chi connectivity index (χ1n) is 10.3. The summed E-state index contributed by atoms with van der Waals surface area (Å²) in [6.45, 7) is 4.69. The zero-order valence-corrected chi connectivity index (χ0v) is 21.1. The third-order valence-corrected chi connectivity index (χ3v) is 24.5. The predicted octanol–water partition coefficient (Wildman–Crippen LogP) is 6.56. The Bertz CT molecular complexity index is 568. The summed E-state index contributed by atoms with van der Waals surface area (Å²) in [5.41, 5.74) is 5.38. The van der Waals surface area contributed by atoms with E-state index in [0.717, 1.165) is 0 Å². The predicted molar refractivity (Wildman–Crippen MR) is 124 cm³/mol. The Morgan fingerprint density at radius 3 is 1.19 bits per heavy atom. The van der Waals surface area contributed by atoms with Crippen molar-refractivity contribution in [1.29, 1.82) is 0 Å². The third-order valence-electron chi connectivity index (χ3n) is 5.86. The Hall–Kier alpha value is -0.443. The minimum absolute atomic E-state index is 1.33. The van der Waals surface area contributed by atoms with Crippen LogP contribution in [0.5, 0.6) is 0 Å². The van der Waals surface area contributed by atoms with Crippen LogP contribution in [0.4, 0.5) is 0 Å². The van der Waals surface area contributed by atoms with Crippen LogP contribution >= 0.6 is 0 Å². The van der Waals surface area contributed by atoms with Gasteiger partial charge in [-0.05, 0) is 0 Å². The molecule has 2 unspecified atom stereocenters. The van der Waals surface area contributed by atoms with E-state index >= 15 is 0 Å². The van der Waals surface area contributed by atoms with Gasteiger partial charge in [0.2, 0.25) is 0 Å². The van der Waals surface area contributed by atoms with E-state index in [2.05, 4.69) is 85.9 Å². The fourth-order valence-electron chi connectivity index (χ4n) is 3.77. The molecule has 0 amide bonds. The third kappa shape index (κ3) is 6.04. The van der Waals surface area contributed by atoms with Crippen LogP contribution in [-0.2, 0) is 0 Å². The number of hydrogen-bond acceptors (Lipinski definition) is 0. The minimum atomic E-state index is -1.79. The molecule has 0 nitrogen and oxygen atoms in total. The molecule has 0 aromatic heterocycles. The molecule has 0 bridgehead atoms. The van der Waals surface area contributed by atoms with Gasteiger partial charge in [0.05, 0.1) is 0 Å². The molecule has 2 aromatic rings. The van der Waals surface area contributed by atoms with Crippen molar-refractivity contribution in [3.05, 3.63) is 60.7 Å². The van der Waals surface area contributed by atoms with Crippen LogP contribution in [-0.4, -0.2) is 27.1 Å². The molecule has 0 fully saturated rings. The van der Waals surface area contributed by atoms with Gasteiger partial charge in [-0.2, -0.15) is 0 Å². The van der Waals surface area contributed by atoms with E-state index in [0.29, 0.717) is 0 Å². The second-order valence-corrected chi connectivity index (χ2v) is 25.7. The normalized spacial score (nSPS) is 16.0. The average Bonchev–Trinajstić information content (AvgIpc) is 2.70. The Kier molecular flexibility index (Phi) is 9.06. The molecular formula is C24H38As2+2. The van der Waals surface area contributed by atoms with Crippen LogP contribution in [0.2, 0.25) is 32.3 Å². The molecule has 0 N–H and O–H groups in total. The molecule has 0 saturated heterocycles. The molecule has 2 heteroatoms. The standard InChI is InChI=1S/C24H38As2/c1-5-7-19-25(3,23-15-11-9-12-16-23)21-22-26(4,20-8-6-2)24-17-13-10-14-18-24/h9-18H,5-8,19-22H2,1-4H3/q+2. The van der Waals surface area contributed by atoms with Crippen LogP contribution in [0.15, 0.2) is 60.7 Å². The zero-order valence-electron chi connectivity index (χ0n) is 17.3. The first-order chi connectivity index (χ1) is 12.5. The molecule has 142 valence electrons. The molecule has 0 heterocycles. The summed E-state index contributed by atoms with van der Waals surface area (Å²) >= 11 is -3.58. The Morgan fingerprint density at radius 1 is 0.538 bits per heavy atom. The molecule has 2 rings (SSSR count). The zero-order chi connectivity index (χ0) is 18.9. The van der Waals surface area contributed by atoms with E-state index in [1.54, 1.807) is 8.70 Å². The second kappa shape index (κ2) is 10.8. The number of unbranched alkanes of at least 4 members (excludes halogenated alkanes) is 2. The topological polar surface area (TPSA) is 0 Å². The summed E-state index contributed by atoms with van der Waals surface area (Å²) in [5.74, 6) is 0. The van der Waals surface area contributed by atoms with Gasteiger partial charge in [-0.25, -0.2) is 0 Å². The summed E-state index contributed by atoms with van der Waals surface area (Å²) in [5, 5.41) is 5.98. The molecule has 0 spiro atoms. The molecule has 2 aromatic carbocycles. The maximum absolute atomic E-state index is 2.69. The Morgan fingerprint density at radius 2 is 0.885 bits per heavy atom. The Balaban J connectivity index is 2.22. The first kappa shape index (κ1) is 21.9. The quantitative estimate of drug-likeness (QED) is 0.323. The molecular weight excluding hydrogens is 438 g/mol. The van der Waals surface area contributed by atoms with Crippen molar-refractivity contribution >= 4 is 35.8 Å². The van der Waals surface area contributed by atoms with E-state index in [1.165, 1.54) is 46.5 Å². The van der Waals surface area contributed by atoms with Crippen LogP contribution in [0.25, 0.3) is 0 Å². The summed E-state index contributed by atoms with van der Waals surface area (Å²) in [4.78, 5) is 0. The van der Waals surface area contributed by atoms with Gasteiger partial charge in [-0.1, -0.05) is 0 Å².